The highest BCUT2D eigenvalue weighted by Gasteiger charge is 2.23. The molecule has 9 heteroatoms. The molecule has 6 nitrogen and oxygen atoms in total. The van der Waals surface area contributed by atoms with Crippen molar-refractivity contribution in [3.8, 4) is 17.1 Å². The van der Waals surface area contributed by atoms with Gasteiger partial charge in [0.1, 0.15) is 0 Å². The van der Waals surface area contributed by atoms with E-state index in [1.165, 1.54) is 230 Å². The van der Waals surface area contributed by atoms with Crippen LogP contribution in [0.5, 0.6) is 0 Å². The van der Waals surface area contributed by atoms with E-state index < -0.39 is 0 Å². The molecule has 498 valence electrons. The summed E-state index contributed by atoms with van der Waals surface area (Å²) in [6.45, 7) is 0. The molecule has 0 amide bonds. The predicted molar refractivity (Wildman–Crippen MR) is 464 cm³/mol. The van der Waals surface area contributed by atoms with Gasteiger partial charge in [0.2, 0.25) is 0 Å². The van der Waals surface area contributed by atoms with Crippen LogP contribution < -0.4 is 0 Å². The Morgan fingerprint density at radius 3 is 1.03 bits per heavy atom. The van der Waals surface area contributed by atoms with Crippen LogP contribution in [0.1, 0.15) is 0 Å². The Kier molecular flexibility index (Phi) is 12.5. The van der Waals surface area contributed by atoms with E-state index in [0.29, 0.717) is 0 Å². The maximum absolute atomic E-state index is 3.74. The van der Waals surface area contributed by atoms with E-state index in [-0.39, 0.29) is 0 Å². The molecule has 0 unspecified atom stereocenters. The number of hydrogen-bond donors (Lipinski definition) is 3. The summed E-state index contributed by atoms with van der Waals surface area (Å²) < 4.78 is 15.2. The molecular weight excluding hydrogens is 1360 g/mol. The summed E-state index contributed by atoms with van der Waals surface area (Å²) >= 11 is 5.65. The number of H-pyrrole nitrogens is 3. The molecule has 3 N–H and O–H groups in total. The monoisotopic (exact) mass is 1410 g/mol. The van der Waals surface area contributed by atoms with Crippen molar-refractivity contribution in [2.75, 3.05) is 0 Å². The maximum atomic E-state index is 3.74. The average Bonchev–Trinajstić information content (AvgIpc) is 1.57. The Labute approximate surface area is 621 Å². The van der Waals surface area contributed by atoms with Crippen molar-refractivity contribution in [3.63, 3.8) is 0 Å². The summed E-state index contributed by atoms with van der Waals surface area (Å²) in [6.07, 6.45) is 0. The summed E-state index contributed by atoms with van der Waals surface area (Å²) in [5.74, 6) is 0. The molecule has 0 aliphatic carbocycles. The molecule has 9 heterocycles. The van der Waals surface area contributed by atoms with Crippen LogP contribution in [0.25, 0.3) is 230 Å². The van der Waals surface area contributed by atoms with Crippen molar-refractivity contribution in [1.29, 1.82) is 0 Å². The third kappa shape index (κ3) is 8.67. The minimum Gasteiger partial charge on any atom is -0.354 e. The van der Waals surface area contributed by atoms with Gasteiger partial charge in [0.15, 0.2) is 0 Å². The molecule has 0 aliphatic heterocycles. The highest BCUT2D eigenvalue weighted by molar-refractivity contribution is 7.27. The van der Waals surface area contributed by atoms with Crippen LogP contribution in [0.3, 0.4) is 0 Å². The van der Waals surface area contributed by atoms with Gasteiger partial charge < -0.3 is 28.7 Å². The number of fused-ring (bicyclic) bond motifs is 32. The van der Waals surface area contributed by atoms with Gasteiger partial charge in [-0.15, -0.1) is 34.0 Å². The number of thiophene rings is 3. The first-order chi connectivity index (χ1) is 53.0. The fourth-order valence-electron chi connectivity index (χ4n) is 18.1. The number of aromatic nitrogens is 6. The average molecular weight is 1420 g/mol. The Morgan fingerprint density at radius 1 is 0.187 bits per heavy atom. The molecule has 0 bridgehead atoms. The first kappa shape index (κ1) is 59.1. The Bertz CT molecular complexity index is 8270. The van der Waals surface area contributed by atoms with Gasteiger partial charge in [0.05, 0.1) is 55.3 Å². The molecule has 0 spiro atoms. The van der Waals surface area contributed by atoms with E-state index in [9.17, 15) is 0 Å². The van der Waals surface area contributed by atoms with E-state index in [4.69, 9.17) is 0 Å². The number of para-hydroxylation sites is 7. The van der Waals surface area contributed by atoms with Crippen molar-refractivity contribution in [1.82, 2.24) is 28.7 Å². The molecule has 17 aromatic carbocycles. The number of aromatic amines is 3. The standard InChI is InChI=1S/2C34H20N2S.C30H18N2S/c1-2-10-21-20(8-1)9-7-15-28(21)36-29-14-6-4-12-23(29)25-18-26-32(19-30(25)36)37-31-17-16-24-22-11-3-5-13-27(22)35-34(24)33(26)31;1-2-8-21-17-22(14-13-20(21)7-1)36-29-12-6-4-10-24(29)26-18-27-32(19-30(26)36)37-31-16-15-25-23-9-3-5-11-28(23)35-34(25)33(27)31;1-2-8-18(9-3-1)32-25-13-7-5-11-20(25)22-16-23-28(17-26(22)32)33-27-15-14-21-19-10-4-6-12-24(19)31-30(21)29(23)27/h2*1-19,35H;1-17,31H. The Hall–Kier alpha value is -13.3. The topological polar surface area (TPSA) is 62.2 Å². The lowest BCUT2D eigenvalue weighted by atomic mass is 10.1. The molecule has 0 aliphatic rings. The van der Waals surface area contributed by atoms with E-state index in [1.54, 1.807) is 0 Å². The minimum atomic E-state index is 1.19. The van der Waals surface area contributed by atoms with Gasteiger partial charge in [0, 0.05) is 158 Å². The summed E-state index contributed by atoms with van der Waals surface area (Å²) in [7, 11) is 0. The van der Waals surface area contributed by atoms with Crippen molar-refractivity contribution in [2.45, 2.75) is 0 Å². The van der Waals surface area contributed by atoms with Gasteiger partial charge >= 0.3 is 0 Å². The first-order valence-corrected chi connectivity index (χ1v) is 38.9. The second-order valence-corrected chi connectivity index (χ2v) is 31.7. The molecule has 0 fully saturated rings. The number of nitrogens with one attached hydrogen (secondary N) is 3. The van der Waals surface area contributed by atoms with Crippen LogP contribution in [0, 0.1) is 0 Å². The molecule has 26 rings (SSSR count). The van der Waals surface area contributed by atoms with Gasteiger partial charge in [0.25, 0.3) is 0 Å². The normalized spacial score (nSPS) is 12.3. The quantitative estimate of drug-likeness (QED) is 0.158. The van der Waals surface area contributed by atoms with Crippen molar-refractivity contribution < 1.29 is 0 Å². The number of rotatable bonds is 3. The van der Waals surface area contributed by atoms with Crippen molar-refractivity contribution >= 4 is 247 Å². The first-order valence-electron chi connectivity index (χ1n) is 36.4. The molecule has 0 saturated carbocycles. The molecule has 0 saturated heterocycles. The smallest absolute Gasteiger partial charge is 0.0559 e. The Balaban J connectivity index is 0.0000000950. The lowest BCUT2D eigenvalue weighted by molar-refractivity contribution is 1.18. The third-order valence-electron chi connectivity index (χ3n) is 22.7. The fraction of sp³-hybridized carbons (Fsp3) is 0. The summed E-state index contributed by atoms with van der Waals surface area (Å²) in [4.78, 5) is 11.2. The van der Waals surface area contributed by atoms with E-state index in [2.05, 4.69) is 362 Å². The van der Waals surface area contributed by atoms with Gasteiger partial charge in [-0.1, -0.05) is 212 Å². The van der Waals surface area contributed by atoms with Crippen LogP contribution >= 0.6 is 34.0 Å². The molecular formula is C98H58N6S3. The van der Waals surface area contributed by atoms with Gasteiger partial charge in [-0.25, -0.2) is 0 Å². The van der Waals surface area contributed by atoms with E-state index >= 15 is 0 Å². The van der Waals surface area contributed by atoms with Crippen LogP contribution in [0.4, 0.5) is 0 Å². The molecule has 9 aromatic heterocycles. The molecule has 26 aromatic rings. The van der Waals surface area contributed by atoms with E-state index in [1.807, 2.05) is 34.0 Å². The molecule has 0 radical (unpaired) electrons. The van der Waals surface area contributed by atoms with Crippen LogP contribution in [0.2, 0.25) is 0 Å². The molecule has 107 heavy (non-hydrogen) atoms. The van der Waals surface area contributed by atoms with Gasteiger partial charge in [-0.05, 0) is 137 Å². The van der Waals surface area contributed by atoms with Crippen molar-refractivity contribution in [3.05, 3.63) is 334 Å². The van der Waals surface area contributed by atoms with Crippen LogP contribution in [-0.4, -0.2) is 28.7 Å². The predicted octanol–water partition coefficient (Wildman–Crippen LogP) is 28.7. The largest absolute Gasteiger partial charge is 0.354 e. The SMILES string of the molecule is c1ccc(-n2c3ccccc3c3cc4c(cc32)sc2ccc3c5ccccc5[nH]c3c24)cc1.c1ccc2c(-n3c4ccccc4c4cc5c(cc43)sc3ccc4c6ccccc6[nH]c4c35)cccc2c1.c1ccc2cc(-n3c4ccccc4c4cc5c(cc43)sc3ccc4c6ccccc6[nH]c4c35)ccc2c1. The maximum Gasteiger partial charge on any atom is 0.0559 e. The highest BCUT2D eigenvalue weighted by atomic mass is 32.1. The van der Waals surface area contributed by atoms with Crippen LogP contribution in [-0.2, 0) is 0 Å². The second kappa shape index (κ2) is 22.6. The zero-order valence-corrected chi connectivity index (χ0v) is 59.8. The Morgan fingerprint density at radius 2 is 0.551 bits per heavy atom. The number of benzene rings is 17. The minimum absolute atomic E-state index is 1.19. The fourth-order valence-corrected chi connectivity index (χ4v) is 21.4. The lowest BCUT2D eigenvalue weighted by Crippen LogP contribution is -1.94. The van der Waals surface area contributed by atoms with Crippen LogP contribution in [0.15, 0.2) is 334 Å². The van der Waals surface area contributed by atoms with E-state index in [0.717, 1.165) is 0 Å². The number of nitrogens with zero attached hydrogens (tertiary/aromatic N) is 3. The highest BCUT2D eigenvalue weighted by Crippen LogP contribution is 2.49. The zero-order chi connectivity index (χ0) is 69.7. The van der Waals surface area contributed by atoms with Gasteiger partial charge in [-0.3, -0.25) is 0 Å². The summed E-state index contributed by atoms with van der Waals surface area (Å²) in [5.41, 5.74) is 18.4. The number of hydrogen-bond acceptors (Lipinski definition) is 3. The molecule has 0 atom stereocenters. The second-order valence-electron chi connectivity index (χ2n) is 28.4. The zero-order valence-electron chi connectivity index (χ0n) is 57.3. The third-order valence-corrected chi connectivity index (χ3v) is 26.1. The lowest BCUT2D eigenvalue weighted by Gasteiger charge is -2.11. The van der Waals surface area contributed by atoms with Crippen molar-refractivity contribution in [2.24, 2.45) is 0 Å². The van der Waals surface area contributed by atoms with Gasteiger partial charge in [-0.2, -0.15) is 0 Å². The summed E-state index contributed by atoms with van der Waals surface area (Å²) in [6, 6.07) is 122. The summed E-state index contributed by atoms with van der Waals surface area (Å²) in [5, 5.41) is 28.5.